The summed E-state index contributed by atoms with van der Waals surface area (Å²) in [6, 6.07) is 12.6. The lowest BCUT2D eigenvalue weighted by Crippen LogP contribution is -2.42. The third kappa shape index (κ3) is 3.88. The second kappa shape index (κ2) is 5.96. The van der Waals surface area contributed by atoms with E-state index in [0.717, 1.165) is 5.56 Å². The van der Waals surface area contributed by atoms with E-state index in [-0.39, 0.29) is 5.82 Å². The topological polar surface area (TPSA) is 35.8 Å². The maximum absolute atomic E-state index is 12.9. The summed E-state index contributed by atoms with van der Waals surface area (Å²) in [5.41, 5.74) is 0.297. The van der Waals surface area contributed by atoms with Crippen LogP contribution in [-0.4, -0.2) is 5.54 Å². The lowest BCUT2D eigenvalue weighted by Gasteiger charge is -2.23. The van der Waals surface area contributed by atoms with Crippen LogP contribution in [0.2, 0.25) is 0 Å². The summed E-state index contributed by atoms with van der Waals surface area (Å²) in [5.74, 6) is -0.256. The summed E-state index contributed by atoms with van der Waals surface area (Å²) in [6.07, 6.45) is 0.551. The molecule has 0 aliphatic heterocycles. The van der Waals surface area contributed by atoms with Gasteiger partial charge >= 0.3 is 0 Å². The highest BCUT2D eigenvalue weighted by atomic mass is 32.1. The summed E-state index contributed by atoms with van der Waals surface area (Å²) in [4.78, 5) is 1.19. The first-order valence-electron chi connectivity index (χ1n) is 6.04. The van der Waals surface area contributed by atoms with Gasteiger partial charge in [0.2, 0.25) is 0 Å². The molecule has 0 radical (unpaired) electrons. The molecule has 1 aromatic heterocycles. The van der Waals surface area contributed by atoms with Gasteiger partial charge in [0.1, 0.15) is 11.4 Å². The van der Waals surface area contributed by atoms with E-state index in [1.165, 1.54) is 17.0 Å². The predicted octanol–water partition coefficient (Wildman–Crippen LogP) is 3.50. The Morgan fingerprint density at radius 3 is 2.63 bits per heavy atom. The fourth-order valence-corrected chi connectivity index (χ4v) is 2.49. The Bertz CT molecular complexity index is 557. The number of hydrogen-bond acceptors (Lipinski definition) is 3. The molecule has 98 valence electrons. The zero-order valence-electron chi connectivity index (χ0n) is 10.7. The molecule has 1 aromatic carbocycles. The summed E-state index contributed by atoms with van der Waals surface area (Å²) in [6.45, 7) is 2.53. The van der Waals surface area contributed by atoms with Crippen molar-refractivity contribution in [1.29, 1.82) is 5.26 Å². The van der Waals surface area contributed by atoms with Gasteiger partial charge in [-0.2, -0.15) is 5.26 Å². The van der Waals surface area contributed by atoms with Gasteiger partial charge in [-0.3, -0.25) is 5.32 Å². The Labute approximate surface area is 116 Å². The van der Waals surface area contributed by atoms with Crippen LogP contribution in [0, 0.1) is 17.1 Å². The zero-order valence-corrected chi connectivity index (χ0v) is 11.5. The fourth-order valence-electron chi connectivity index (χ4n) is 1.85. The highest BCUT2D eigenvalue weighted by Crippen LogP contribution is 2.16. The van der Waals surface area contributed by atoms with Crippen LogP contribution >= 0.6 is 11.3 Å². The van der Waals surface area contributed by atoms with Gasteiger partial charge in [-0.05, 0) is 36.1 Å². The molecule has 0 fully saturated rings. The van der Waals surface area contributed by atoms with Crippen molar-refractivity contribution in [3.63, 3.8) is 0 Å². The Morgan fingerprint density at radius 2 is 2.05 bits per heavy atom. The molecule has 1 atom stereocenters. The minimum Gasteiger partial charge on any atom is -0.294 e. The number of nitrogens with one attached hydrogen (secondary N) is 1. The first-order chi connectivity index (χ1) is 9.11. The summed E-state index contributed by atoms with van der Waals surface area (Å²) in [7, 11) is 0. The van der Waals surface area contributed by atoms with E-state index >= 15 is 0 Å². The highest BCUT2D eigenvalue weighted by Gasteiger charge is 2.23. The van der Waals surface area contributed by atoms with Crippen LogP contribution in [0.4, 0.5) is 4.39 Å². The third-order valence-corrected chi connectivity index (χ3v) is 3.83. The smallest absolute Gasteiger partial charge is 0.123 e. The lowest BCUT2D eigenvalue weighted by molar-refractivity contribution is 0.445. The largest absolute Gasteiger partial charge is 0.294 e. The predicted molar refractivity (Wildman–Crippen MR) is 75.3 cm³/mol. The van der Waals surface area contributed by atoms with Gasteiger partial charge in [0, 0.05) is 17.8 Å². The third-order valence-electron chi connectivity index (χ3n) is 2.95. The number of nitriles is 1. The molecule has 2 aromatic rings. The van der Waals surface area contributed by atoms with E-state index in [1.54, 1.807) is 23.5 Å². The van der Waals surface area contributed by atoms with Crippen LogP contribution in [0.25, 0.3) is 0 Å². The second-order valence-electron chi connectivity index (χ2n) is 4.68. The molecule has 0 aliphatic rings. The number of benzene rings is 1. The lowest BCUT2D eigenvalue weighted by atomic mass is 9.94. The SMILES string of the molecule is CC(C#N)(Cc1ccc(F)cc1)NCc1cccs1. The molecule has 0 aliphatic carbocycles. The average Bonchev–Trinajstić information content (AvgIpc) is 2.93. The van der Waals surface area contributed by atoms with E-state index in [2.05, 4.69) is 11.4 Å². The van der Waals surface area contributed by atoms with Gasteiger partial charge in [0.25, 0.3) is 0 Å². The zero-order chi connectivity index (χ0) is 13.7. The molecule has 2 nitrogen and oxygen atoms in total. The standard InChI is InChI=1S/C15H15FN2S/c1-15(11-17,18-10-14-3-2-8-19-14)9-12-4-6-13(16)7-5-12/h2-8,18H,9-10H2,1H3. The van der Waals surface area contributed by atoms with Crippen molar-refractivity contribution in [2.75, 3.05) is 0 Å². The maximum atomic E-state index is 12.9. The Balaban J connectivity index is 2.01. The monoisotopic (exact) mass is 274 g/mol. The van der Waals surface area contributed by atoms with Gasteiger partial charge in [0.05, 0.1) is 6.07 Å². The van der Waals surface area contributed by atoms with Crippen molar-refractivity contribution in [1.82, 2.24) is 5.32 Å². The van der Waals surface area contributed by atoms with E-state index in [0.29, 0.717) is 13.0 Å². The van der Waals surface area contributed by atoms with Crippen LogP contribution in [-0.2, 0) is 13.0 Å². The van der Waals surface area contributed by atoms with Crippen molar-refractivity contribution in [2.24, 2.45) is 0 Å². The van der Waals surface area contributed by atoms with Crippen molar-refractivity contribution in [3.8, 4) is 6.07 Å². The normalized spacial score (nSPS) is 13.7. The molecule has 1 heterocycles. The van der Waals surface area contributed by atoms with Crippen LogP contribution in [0.3, 0.4) is 0 Å². The van der Waals surface area contributed by atoms with Gasteiger partial charge in [-0.1, -0.05) is 18.2 Å². The van der Waals surface area contributed by atoms with E-state index in [9.17, 15) is 9.65 Å². The Morgan fingerprint density at radius 1 is 1.32 bits per heavy atom. The first-order valence-corrected chi connectivity index (χ1v) is 6.92. The molecule has 0 bridgehead atoms. The van der Waals surface area contributed by atoms with Gasteiger partial charge < -0.3 is 0 Å². The quantitative estimate of drug-likeness (QED) is 0.905. The molecule has 2 rings (SSSR count). The fraction of sp³-hybridized carbons (Fsp3) is 0.267. The van der Waals surface area contributed by atoms with Crippen LogP contribution in [0.5, 0.6) is 0 Å². The van der Waals surface area contributed by atoms with Crippen molar-refractivity contribution in [2.45, 2.75) is 25.4 Å². The molecule has 1 unspecified atom stereocenters. The molecule has 19 heavy (non-hydrogen) atoms. The number of rotatable bonds is 5. The molecular formula is C15H15FN2S. The average molecular weight is 274 g/mol. The van der Waals surface area contributed by atoms with Gasteiger partial charge in [0.15, 0.2) is 0 Å². The minimum absolute atomic E-state index is 0.256. The summed E-state index contributed by atoms with van der Waals surface area (Å²) in [5, 5.41) is 14.6. The van der Waals surface area contributed by atoms with Crippen LogP contribution < -0.4 is 5.32 Å². The van der Waals surface area contributed by atoms with Crippen LogP contribution in [0.15, 0.2) is 41.8 Å². The molecule has 0 saturated heterocycles. The van der Waals surface area contributed by atoms with E-state index < -0.39 is 5.54 Å². The molecule has 0 amide bonds. The number of thiophene rings is 1. The summed E-state index contributed by atoms with van der Waals surface area (Å²) < 4.78 is 12.9. The first kappa shape index (κ1) is 13.7. The Hall–Kier alpha value is -1.70. The molecule has 0 saturated carbocycles. The van der Waals surface area contributed by atoms with Crippen molar-refractivity contribution in [3.05, 3.63) is 58.0 Å². The van der Waals surface area contributed by atoms with Crippen LogP contribution in [0.1, 0.15) is 17.4 Å². The highest BCUT2D eigenvalue weighted by molar-refractivity contribution is 7.09. The van der Waals surface area contributed by atoms with Crippen molar-refractivity contribution < 1.29 is 4.39 Å². The van der Waals surface area contributed by atoms with Crippen molar-refractivity contribution >= 4 is 11.3 Å². The van der Waals surface area contributed by atoms with E-state index in [4.69, 9.17) is 0 Å². The second-order valence-corrected chi connectivity index (χ2v) is 5.71. The van der Waals surface area contributed by atoms with Gasteiger partial charge in [-0.15, -0.1) is 11.3 Å². The Kier molecular flexibility index (Phi) is 4.31. The molecular weight excluding hydrogens is 259 g/mol. The molecule has 1 N–H and O–H groups in total. The number of hydrogen-bond donors (Lipinski definition) is 1. The molecule has 4 heteroatoms. The number of halogens is 1. The maximum Gasteiger partial charge on any atom is 0.123 e. The number of nitrogens with zero attached hydrogens (tertiary/aromatic N) is 1. The van der Waals surface area contributed by atoms with E-state index in [1.807, 2.05) is 24.4 Å². The molecule has 0 spiro atoms. The van der Waals surface area contributed by atoms with Gasteiger partial charge in [-0.25, -0.2) is 4.39 Å². The minimum atomic E-state index is -0.651. The summed E-state index contributed by atoms with van der Waals surface area (Å²) >= 11 is 1.66.